The maximum absolute atomic E-state index is 11.9. The molecule has 2 atom stereocenters. The van der Waals surface area contributed by atoms with Crippen LogP contribution in [-0.2, 0) is 18.4 Å². The van der Waals surface area contributed by atoms with Crippen LogP contribution in [0.25, 0.3) is 6.08 Å². The summed E-state index contributed by atoms with van der Waals surface area (Å²) >= 11 is 0. The second-order valence-electron chi connectivity index (χ2n) is 8.06. The van der Waals surface area contributed by atoms with Gasteiger partial charge in [0.25, 0.3) is 0 Å². The van der Waals surface area contributed by atoms with Crippen molar-refractivity contribution in [3.05, 3.63) is 98.5 Å². The topological polar surface area (TPSA) is 45.2 Å². The van der Waals surface area contributed by atoms with Crippen LogP contribution in [0.2, 0.25) is 0 Å². The summed E-state index contributed by atoms with van der Waals surface area (Å²) in [4.78, 5) is 20.1. The summed E-state index contributed by atoms with van der Waals surface area (Å²) < 4.78 is 0. The molecule has 0 saturated heterocycles. The summed E-state index contributed by atoms with van der Waals surface area (Å²) in [5.74, 6) is 0.293. The van der Waals surface area contributed by atoms with E-state index in [1.807, 2.05) is 18.4 Å². The number of allylic oxidation sites excluding steroid dienone is 3. The lowest BCUT2D eigenvalue weighted by molar-refractivity contribution is 0.413. The molecule has 1 aromatic carbocycles. The van der Waals surface area contributed by atoms with Crippen molar-refractivity contribution in [1.29, 1.82) is 0 Å². The van der Waals surface area contributed by atoms with E-state index in [1.54, 1.807) is 6.07 Å². The minimum absolute atomic E-state index is 0.0405. The van der Waals surface area contributed by atoms with Crippen molar-refractivity contribution in [2.45, 2.75) is 45.6 Å². The van der Waals surface area contributed by atoms with Gasteiger partial charge in [0.2, 0.25) is 5.56 Å². The number of rotatable bonds is 4. The Morgan fingerprint density at radius 2 is 2.14 bits per heavy atom. The quantitative estimate of drug-likeness (QED) is 0.558. The number of fused-ring (bicyclic) bond motifs is 4. The molecular weight excluding hydrogens is 356 g/mol. The lowest BCUT2D eigenvalue weighted by atomic mass is 9.63. The maximum atomic E-state index is 11.9. The molecule has 2 aromatic rings. The smallest absolute Gasteiger partial charge is 0.248 e. The van der Waals surface area contributed by atoms with Gasteiger partial charge < -0.3 is 4.98 Å². The van der Waals surface area contributed by atoms with E-state index in [0.29, 0.717) is 5.92 Å². The fraction of sp³-hybridized carbons (Fsp3) is 0.308. The van der Waals surface area contributed by atoms with Crippen LogP contribution in [0.1, 0.15) is 49.6 Å². The van der Waals surface area contributed by atoms with Gasteiger partial charge in [-0.15, -0.1) is 0 Å². The van der Waals surface area contributed by atoms with Gasteiger partial charge in [-0.3, -0.25) is 9.79 Å². The molecule has 0 aliphatic heterocycles. The largest absolute Gasteiger partial charge is 0.326 e. The highest BCUT2D eigenvalue weighted by molar-refractivity contribution is 5.79. The van der Waals surface area contributed by atoms with E-state index in [4.69, 9.17) is 4.99 Å². The Labute approximate surface area is 172 Å². The molecule has 1 N–H and O–H groups in total. The number of aliphatic imine (C=N–C) groups is 1. The third kappa shape index (κ3) is 3.57. The second-order valence-corrected chi connectivity index (χ2v) is 8.06. The van der Waals surface area contributed by atoms with Gasteiger partial charge in [-0.1, -0.05) is 55.0 Å². The molecule has 0 saturated carbocycles. The molecule has 1 aromatic heterocycles. The van der Waals surface area contributed by atoms with Crippen LogP contribution < -0.4 is 5.56 Å². The maximum Gasteiger partial charge on any atom is 0.248 e. The van der Waals surface area contributed by atoms with Crippen LogP contribution in [0.15, 0.2) is 75.6 Å². The molecule has 1 heterocycles. The van der Waals surface area contributed by atoms with Crippen LogP contribution in [0.5, 0.6) is 0 Å². The molecule has 0 spiro atoms. The van der Waals surface area contributed by atoms with Gasteiger partial charge in [0, 0.05) is 35.9 Å². The Hall–Kier alpha value is -2.94. The molecule has 4 rings (SSSR count). The molecule has 3 heteroatoms. The zero-order valence-corrected chi connectivity index (χ0v) is 17.4. The molecule has 29 heavy (non-hydrogen) atoms. The first kappa shape index (κ1) is 19.4. The number of H-pyrrole nitrogens is 1. The number of benzene rings is 1. The molecule has 0 radical (unpaired) electrons. The molecule has 2 bridgehead atoms. The third-order valence-electron chi connectivity index (χ3n) is 6.11. The van der Waals surface area contributed by atoms with Crippen molar-refractivity contribution in [2.24, 2.45) is 10.9 Å². The third-order valence-corrected chi connectivity index (χ3v) is 6.11. The molecule has 2 aliphatic rings. The van der Waals surface area contributed by atoms with Crippen molar-refractivity contribution in [1.82, 2.24) is 4.98 Å². The number of nitrogens with zero attached hydrogens (tertiary/aromatic N) is 1. The van der Waals surface area contributed by atoms with E-state index < -0.39 is 5.54 Å². The number of hydrogen-bond acceptors (Lipinski definition) is 2. The minimum Gasteiger partial charge on any atom is -0.326 e. The first-order valence-corrected chi connectivity index (χ1v) is 10.4. The molecule has 148 valence electrons. The predicted octanol–water partition coefficient (Wildman–Crippen LogP) is 5.39. The molecule has 0 unspecified atom stereocenters. The molecule has 2 aliphatic carbocycles. The molecular formula is C26H28N2O. The lowest BCUT2D eigenvalue weighted by Gasteiger charge is -2.45. The normalized spacial score (nSPS) is 24.9. The van der Waals surface area contributed by atoms with Crippen LogP contribution in [0, 0.1) is 5.92 Å². The fourth-order valence-corrected chi connectivity index (χ4v) is 4.89. The zero-order valence-electron chi connectivity index (χ0n) is 17.4. The number of pyridine rings is 1. The van der Waals surface area contributed by atoms with Crippen LogP contribution in [-0.4, -0.2) is 11.2 Å². The van der Waals surface area contributed by atoms with Gasteiger partial charge in [-0.2, -0.15) is 0 Å². The highest BCUT2D eigenvalue weighted by Gasteiger charge is 2.46. The highest BCUT2D eigenvalue weighted by Crippen LogP contribution is 2.51. The van der Waals surface area contributed by atoms with Crippen molar-refractivity contribution < 1.29 is 0 Å². The average Bonchev–Trinajstić information content (AvgIpc) is 2.70. The Morgan fingerprint density at radius 1 is 1.28 bits per heavy atom. The van der Waals surface area contributed by atoms with Crippen LogP contribution >= 0.6 is 0 Å². The van der Waals surface area contributed by atoms with E-state index in [9.17, 15) is 4.79 Å². The summed E-state index contributed by atoms with van der Waals surface area (Å²) in [7, 11) is 0. The van der Waals surface area contributed by atoms with E-state index in [2.05, 4.69) is 68.2 Å². The van der Waals surface area contributed by atoms with Gasteiger partial charge in [0.1, 0.15) is 5.54 Å². The summed E-state index contributed by atoms with van der Waals surface area (Å²) in [6.45, 7) is 6.46. The lowest BCUT2D eigenvalue weighted by Crippen LogP contribution is -2.40. The standard InChI is InChI=1S/C26H28N2O/c1-4-19-8-6-9-20(15-19)10-7-13-27-26-17-18(3)14-21(22(26)5-2)16-24-23(26)11-12-25(29)28-24/h5-15,21H,4,16-17H2,1-3H3,(H,28,29)/t21-,26+/m0/s1. The number of aromatic nitrogens is 1. The zero-order chi connectivity index (χ0) is 20.4. The SMILES string of the molecule is CC=C1[C@H]2C=C(C)C[C@]1(N=CC=Cc1cccc(CC)c1)c1ccc(=O)[nH]c1C2. The Morgan fingerprint density at radius 3 is 2.93 bits per heavy atom. The Kier molecular flexibility index (Phi) is 5.23. The second kappa shape index (κ2) is 7.82. The van der Waals surface area contributed by atoms with E-state index in [-0.39, 0.29) is 5.56 Å². The van der Waals surface area contributed by atoms with Crippen molar-refractivity contribution in [3.8, 4) is 0 Å². The summed E-state index contributed by atoms with van der Waals surface area (Å²) in [5, 5.41) is 0. The van der Waals surface area contributed by atoms with Gasteiger partial charge in [0.15, 0.2) is 0 Å². The van der Waals surface area contributed by atoms with E-state index >= 15 is 0 Å². The van der Waals surface area contributed by atoms with Crippen LogP contribution in [0.4, 0.5) is 0 Å². The number of hydrogen-bond donors (Lipinski definition) is 1. The van der Waals surface area contributed by atoms with Gasteiger partial charge in [-0.05, 0) is 55.5 Å². The highest BCUT2D eigenvalue weighted by atomic mass is 16.1. The molecule has 0 amide bonds. The summed E-state index contributed by atoms with van der Waals surface area (Å²) in [6.07, 6.45) is 13.3. The van der Waals surface area contributed by atoms with Crippen LogP contribution in [0.3, 0.4) is 0 Å². The molecule has 3 nitrogen and oxygen atoms in total. The fourth-order valence-electron chi connectivity index (χ4n) is 4.89. The number of aromatic amines is 1. The van der Waals surface area contributed by atoms with Crippen molar-refractivity contribution in [2.75, 3.05) is 0 Å². The molecule has 0 fully saturated rings. The minimum atomic E-state index is -0.425. The first-order valence-electron chi connectivity index (χ1n) is 10.4. The predicted molar refractivity (Wildman–Crippen MR) is 121 cm³/mol. The first-order chi connectivity index (χ1) is 14.1. The Bertz CT molecular complexity index is 1100. The summed E-state index contributed by atoms with van der Waals surface area (Å²) in [5.41, 5.74) is 6.90. The van der Waals surface area contributed by atoms with Crippen molar-refractivity contribution in [3.63, 3.8) is 0 Å². The summed E-state index contributed by atoms with van der Waals surface area (Å²) in [6, 6.07) is 12.2. The average molecular weight is 385 g/mol. The monoisotopic (exact) mass is 384 g/mol. The van der Waals surface area contributed by atoms with Crippen molar-refractivity contribution >= 4 is 12.3 Å². The van der Waals surface area contributed by atoms with E-state index in [0.717, 1.165) is 30.5 Å². The van der Waals surface area contributed by atoms with Gasteiger partial charge in [0.05, 0.1) is 0 Å². The van der Waals surface area contributed by atoms with Gasteiger partial charge in [-0.25, -0.2) is 0 Å². The number of aryl methyl sites for hydroxylation is 1. The Balaban J connectivity index is 1.74. The number of nitrogens with one attached hydrogen (secondary N) is 1. The van der Waals surface area contributed by atoms with E-state index in [1.165, 1.54) is 22.3 Å². The van der Waals surface area contributed by atoms with Gasteiger partial charge >= 0.3 is 0 Å².